The molecule has 0 aromatic carbocycles. The summed E-state index contributed by atoms with van der Waals surface area (Å²) in [5.74, 6) is 0.656. The average Bonchev–Trinajstić information content (AvgIpc) is 2.91. The van der Waals surface area contributed by atoms with Crippen LogP contribution in [0.15, 0.2) is 18.6 Å². The SMILES string of the molecule is Nc1ccn(C2CCC(O)C2O)c2ncnc1-2. The van der Waals surface area contributed by atoms with Crippen molar-refractivity contribution < 1.29 is 10.2 Å². The summed E-state index contributed by atoms with van der Waals surface area (Å²) in [5.41, 5.74) is 7.01. The van der Waals surface area contributed by atoms with Crippen molar-refractivity contribution in [1.29, 1.82) is 0 Å². The first-order valence-corrected chi connectivity index (χ1v) is 5.61. The van der Waals surface area contributed by atoms with Gasteiger partial charge in [0.15, 0.2) is 5.82 Å². The Morgan fingerprint density at radius 3 is 2.82 bits per heavy atom. The van der Waals surface area contributed by atoms with E-state index >= 15 is 0 Å². The van der Waals surface area contributed by atoms with E-state index in [0.29, 0.717) is 23.6 Å². The van der Waals surface area contributed by atoms with E-state index in [0.717, 1.165) is 6.42 Å². The Labute approximate surface area is 98.1 Å². The van der Waals surface area contributed by atoms with Gasteiger partial charge in [0.2, 0.25) is 0 Å². The van der Waals surface area contributed by atoms with E-state index in [1.165, 1.54) is 6.33 Å². The number of hydrogen-bond donors (Lipinski definition) is 3. The van der Waals surface area contributed by atoms with E-state index in [2.05, 4.69) is 9.97 Å². The van der Waals surface area contributed by atoms with Crippen molar-refractivity contribution in [3.8, 4) is 11.5 Å². The molecule has 0 saturated heterocycles. The predicted octanol–water partition coefficient (Wildman–Crippen LogP) is 0.0218. The van der Waals surface area contributed by atoms with E-state index in [9.17, 15) is 10.2 Å². The van der Waals surface area contributed by atoms with Crippen LogP contribution in [0, 0.1) is 0 Å². The van der Waals surface area contributed by atoms with Gasteiger partial charge in [-0.05, 0) is 18.9 Å². The fraction of sp³-hybridized carbons (Fsp3) is 0.455. The third kappa shape index (κ3) is 1.49. The van der Waals surface area contributed by atoms with Gasteiger partial charge in [0.25, 0.3) is 0 Å². The molecule has 1 fully saturated rings. The van der Waals surface area contributed by atoms with Crippen molar-refractivity contribution in [3.05, 3.63) is 18.6 Å². The molecule has 1 saturated carbocycles. The predicted molar refractivity (Wildman–Crippen MR) is 61.3 cm³/mol. The number of anilines is 1. The highest BCUT2D eigenvalue weighted by Crippen LogP contribution is 2.35. The molecule has 0 bridgehead atoms. The van der Waals surface area contributed by atoms with Gasteiger partial charge in [-0.3, -0.25) is 0 Å². The second kappa shape index (κ2) is 3.68. The number of nitrogens with two attached hydrogens (primary N) is 1. The highest BCUT2D eigenvalue weighted by Gasteiger charge is 2.36. The van der Waals surface area contributed by atoms with Crippen molar-refractivity contribution in [2.24, 2.45) is 0 Å². The number of nitrogen functional groups attached to an aromatic ring is 1. The molecule has 0 radical (unpaired) electrons. The summed E-state index contributed by atoms with van der Waals surface area (Å²) in [6.07, 6.45) is 3.14. The van der Waals surface area contributed by atoms with Gasteiger partial charge in [-0.25, -0.2) is 9.97 Å². The maximum Gasteiger partial charge on any atom is 0.162 e. The first kappa shape index (κ1) is 10.5. The number of imidazole rings is 1. The minimum atomic E-state index is -0.761. The second-order valence-corrected chi connectivity index (χ2v) is 4.43. The number of nitrogens with zero attached hydrogens (tertiary/aromatic N) is 3. The minimum absolute atomic E-state index is 0.162. The zero-order chi connectivity index (χ0) is 12.0. The Bertz CT molecular complexity index is 512. The molecule has 17 heavy (non-hydrogen) atoms. The Morgan fingerprint density at radius 1 is 1.29 bits per heavy atom. The third-order valence-electron chi connectivity index (χ3n) is 3.42. The Balaban J connectivity index is 2.07. The lowest BCUT2D eigenvalue weighted by Crippen LogP contribution is -2.28. The maximum absolute atomic E-state index is 9.93. The summed E-state index contributed by atoms with van der Waals surface area (Å²) in [7, 11) is 0. The van der Waals surface area contributed by atoms with E-state index in [-0.39, 0.29) is 6.04 Å². The van der Waals surface area contributed by atoms with Crippen LogP contribution in [0.1, 0.15) is 18.9 Å². The van der Waals surface area contributed by atoms with Crippen LogP contribution in [0.3, 0.4) is 0 Å². The normalized spacial score (nSPS) is 28.9. The van der Waals surface area contributed by atoms with Crippen LogP contribution in [0.4, 0.5) is 5.69 Å². The Morgan fingerprint density at radius 2 is 2.12 bits per heavy atom. The Hall–Kier alpha value is -1.66. The molecule has 0 amide bonds. The summed E-state index contributed by atoms with van der Waals surface area (Å²) in [6, 6.07) is 1.58. The summed E-state index contributed by atoms with van der Waals surface area (Å²) < 4.78 is 1.85. The Kier molecular flexibility index (Phi) is 2.27. The van der Waals surface area contributed by atoms with E-state index in [1.807, 2.05) is 4.57 Å². The second-order valence-electron chi connectivity index (χ2n) is 4.43. The van der Waals surface area contributed by atoms with Gasteiger partial charge in [-0.2, -0.15) is 0 Å². The van der Waals surface area contributed by atoms with Gasteiger partial charge in [0.1, 0.15) is 18.1 Å². The maximum atomic E-state index is 9.93. The molecule has 6 nitrogen and oxygen atoms in total. The molecule has 2 aliphatic heterocycles. The number of aliphatic hydroxyl groups excluding tert-OH is 2. The summed E-state index contributed by atoms with van der Waals surface area (Å²) in [4.78, 5) is 8.26. The first-order chi connectivity index (χ1) is 8.18. The van der Waals surface area contributed by atoms with Gasteiger partial charge in [0.05, 0.1) is 17.8 Å². The fourth-order valence-electron chi connectivity index (χ4n) is 2.47. The van der Waals surface area contributed by atoms with E-state index in [4.69, 9.17) is 5.73 Å². The van der Waals surface area contributed by atoms with Crippen LogP contribution in [0.25, 0.3) is 11.5 Å². The molecular formula is C11H14N4O2. The van der Waals surface area contributed by atoms with E-state index in [1.54, 1.807) is 12.3 Å². The summed E-state index contributed by atoms with van der Waals surface area (Å²) in [5, 5.41) is 19.5. The molecule has 6 heteroatoms. The van der Waals surface area contributed by atoms with Crippen LogP contribution in [0.5, 0.6) is 0 Å². The topological polar surface area (TPSA) is 97.2 Å². The molecule has 90 valence electrons. The fourth-order valence-corrected chi connectivity index (χ4v) is 2.47. The summed E-state index contributed by atoms with van der Waals surface area (Å²) >= 11 is 0. The number of hydrogen-bond acceptors (Lipinski definition) is 5. The summed E-state index contributed by atoms with van der Waals surface area (Å²) in [6.45, 7) is 0. The van der Waals surface area contributed by atoms with Gasteiger partial charge < -0.3 is 20.5 Å². The first-order valence-electron chi connectivity index (χ1n) is 5.61. The number of rotatable bonds is 1. The van der Waals surface area contributed by atoms with Crippen LogP contribution in [-0.2, 0) is 0 Å². The van der Waals surface area contributed by atoms with Crippen molar-refractivity contribution in [2.45, 2.75) is 31.1 Å². The van der Waals surface area contributed by atoms with Crippen molar-refractivity contribution in [3.63, 3.8) is 0 Å². The van der Waals surface area contributed by atoms with Crippen molar-refractivity contribution >= 4 is 5.69 Å². The van der Waals surface area contributed by atoms with Crippen LogP contribution < -0.4 is 5.73 Å². The monoisotopic (exact) mass is 234 g/mol. The lowest BCUT2D eigenvalue weighted by molar-refractivity contribution is 0.0236. The van der Waals surface area contributed by atoms with Crippen molar-refractivity contribution in [1.82, 2.24) is 14.5 Å². The zero-order valence-corrected chi connectivity index (χ0v) is 9.19. The molecule has 1 aliphatic carbocycles. The zero-order valence-electron chi connectivity index (χ0n) is 9.19. The number of aliphatic hydroxyl groups is 2. The highest BCUT2D eigenvalue weighted by molar-refractivity contribution is 5.68. The minimum Gasteiger partial charge on any atom is -0.397 e. The molecule has 3 unspecified atom stereocenters. The standard InChI is InChI=1S/C11H14N4O2/c12-6-3-4-15(11-9(6)13-5-14-11)7-1-2-8(16)10(7)17/h3-5,7-8,10,16-17H,1-2,12H2. The molecular weight excluding hydrogens is 220 g/mol. The van der Waals surface area contributed by atoms with Crippen LogP contribution in [-0.4, -0.2) is 37.0 Å². The lowest BCUT2D eigenvalue weighted by atomic mass is 10.1. The third-order valence-corrected chi connectivity index (χ3v) is 3.42. The average molecular weight is 234 g/mol. The molecule has 3 atom stereocenters. The number of pyridine rings is 1. The molecule has 3 aliphatic rings. The molecule has 4 N–H and O–H groups in total. The largest absolute Gasteiger partial charge is 0.397 e. The molecule has 2 heterocycles. The molecule has 0 aromatic heterocycles. The molecule has 3 rings (SSSR count). The van der Waals surface area contributed by atoms with Gasteiger partial charge >= 0.3 is 0 Å². The van der Waals surface area contributed by atoms with Crippen molar-refractivity contribution in [2.75, 3.05) is 5.73 Å². The van der Waals surface area contributed by atoms with Gasteiger partial charge in [-0.1, -0.05) is 0 Å². The van der Waals surface area contributed by atoms with Gasteiger partial charge in [-0.15, -0.1) is 0 Å². The molecule has 0 spiro atoms. The van der Waals surface area contributed by atoms with Gasteiger partial charge in [0, 0.05) is 6.20 Å². The quantitative estimate of drug-likeness (QED) is 0.646. The van der Waals surface area contributed by atoms with Crippen LogP contribution in [0.2, 0.25) is 0 Å². The van der Waals surface area contributed by atoms with Crippen LogP contribution >= 0.6 is 0 Å². The number of fused-ring (bicyclic) bond motifs is 1. The molecule has 0 aromatic rings. The smallest absolute Gasteiger partial charge is 0.162 e. The van der Waals surface area contributed by atoms with E-state index < -0.39 is 12.2 Å². The highest BCUT2D eigenvalue weighted by atomic mass is 16.3. The lowest BCUT2D eigenvalue weighted by Gasteiger charge is -2.22. The number of aromatic nitrogens is 3.